The first-order valence-electron chi connectivity index (χ1n) is 10.2. The number of imide groups is 2. The number of hydrogen-bond donors (Lipinski definition) is 2. The predicted octanol–water partition coefficient (Wildman–Crippen LogP) is 1.03. The summed E-state index contributed by atoms with van der Waals surface area (Å²) >= 11 is 0. The van der Waals surface area contributed by atoms with Crippen LogP contribution in [0.3, 0.4) is 0 Å². The molecule has 0 radical (unpaired) electrons. The lowest BCUT2D eigenvalue weighted by Gasteiger charge is -2.27. The Morgan fingerprint density at radius 2 is 1.82 bits per heavy atom. The molecule has 170 valence electrons. The molecular formula is C23H21N3O7. The number of piperidine rings is 1. The van der Waals surface area contributed by atoms with Gasteiger partial charge in [-0.15, -0.1) is 0 Å². The molecule has 2 aliphatic heterocycles. The van der Waals surface area contributed by atoms with E-state index < -0.39 is 35.6 Å². The summed E-state index contributed by atoms with van der Waals surface area (Å²) in [5.74, 6) is -1.88. The molecule has 2 N–H and O–H groups in total. The third-order valence-corrected chi connectivity index (χ3v) is 5.64. The van der Waals surface area contributed by atoms with Crippen molar-refractivity contribution in [1.82, 2.24) is 15.5 Å². The molecule has 0 aliphatic carbocycles. The minimum absolute atomic E-state index is 0.0153. The molecule has 0 saturated carbocycles. The number of benzene rings is 2. The number of carbonyl (C=O) groups excluding carboxylic acids is 5. The molecule has 0 aromatic heterocycles. The Morgan fingerprint density at radius 3 is 2.52 bits per heavy atom. The minimum Gasteiger partial charge on any atom is -0.493 e. The molecule has 33 heavy (non-hydrogen) atoms. The normalized spacial score (nSPS) is 17.5. The first-order chi connectivity index (χ1) is 15.8. The van der Waals surface area contributed by atoms with E-state index in [1.54, 1.807) is 24.3 Å². The highest BCUT2D eigenvalue weighted by Gasteiger charge is 2.45. The van der Waals surface area contributed by atoms with Crippen LogP contribution in [0.25, 0.3) is 0 Å². The Labute approximate surface area is 188 Å². The first-order valence-corrected chi connectivity index (χ1v) is 10.2. The van der Waals surface area contributed by atoms with Gasteiger partial charge in [0.15, 0.2) is 11.5 Å². The fraction of sp³-hybridized carbons (Fsp3) is 0.261. The number of fused-ring (bicyclic) bond motifs is 1. The van der Waals surface area contributed by atoms with Gasteiger partial charge in [-0.05, 0) is 36.2 Å². The topological polar surface area (TPSA) is 131 Å². The SMILES string of the molecule is COc1ccc(C(=O)NCc2cccc3c2C(=O)N(C2CCC(=O)NC2=O)C3=O)cc1OC. The Hall–Kier alpha value is -4.21. The lowest BCUT2D eigenvalue weighted by Crippen LogP contribution is -2.54. The highest BCUT2D eigenvalue weighted by atomic mass is 16.5. The Bertz CT molecular complexity index is 1190. The van der Waals surface area contributed by atoms with E-state index >= 15 is 0 Å². The van der Waals surface area contributed by atoms with E-state index in [0.717, 1.165) is 4.90 Å². The van der Waals surface area contributed by atoms with Gasteiger partial charge in [0.2, 0.25) is 11.8 Å². The van der Waals surface area contributed by atoms with Crippen molar-refractivity contribution in [3.05, 3.63) is 58.7 Å². The molecule has 5 amide bonds. The summed E-state index contributed by atoms with van der Waals surface area (Å²) in [6.45, 7) is -0.0153. The van der Waals surface area contributed by atoms with Crippen LogP contribution in [0, 0.1) is 0 Å². The maximum Gasteiger partial charge on any atom is 0.262 e. The molecule has 0 spiro atoms. The van der Waals surface area contributed by atoms with Crippen LogP contribution < -0.4 is 20.1 Å². The van der Waals surface area contributed by atoms with Crippen LogP contribution in [0.15, 0.2) is 36.4 Å². The van der Waals surface area contributed by atoms with Crippen LogP contribution in [0.2, 0.25) is 0 Å². The summed E-state index contributed by atoms with van der Waals surface area (Å²) in [4.78, 5) is 63.3. The molecule has 10 heteroatoms. The summed E-state index contributed by atoms with van der Waals surface area (Å²) < 4.78 is 10.4. The Morgan fingerprint density at radius 1 is 1.06 bits per heavy atom. The van der Waals surface area contributed by atoms with Gasteiger partial charge in [0.05, 0.1) is 25.3 Å². The van der Waals surface area contributed by atoms with Crippen LogP contribution in [-0.2, 0) is 16.1 Å². The van der Waals surface area contributed by atoms with Crippen molar-refractivity contribution in [2.45, 2.75) is 25.4 Å². The first kappa shape index (κ1) is 22.0. The number of methoxy groups -OCH3 is 2. The average Bonchev–Trinajstić information content (AvgIpc) is 3.07. The second-order valence-corrected chi connectivity index (χ2v) is 7.54. The van der Waals surface area contributed by atoms with Crippen molar-refractivity contribution >= 4 is 29.5 Å². The van der Waals surface area contributed by atoms with E-state index in [-0.39, 0.29) is 30.5 Å². The van der Waals surface area contributed by atoms with Crippen molar-refractivity contribution in [2.24, 2.45) is 0 Å². The smallest absolute Gasteiger partial charge is 0.262 e. The van der Waals surface area contributed by atoms with Crippen molar-refractivity contribution in [1.29, 1.82) is 0 Å². The van der Waals surface area contributed by atoms with Gasteiger partial charge in [-0.3, -0.25) is 34.2 Å². The number of carbonyl (C=O) groups is 5. The highest BCUT2D eigenvalue weighted by molar-refractivity contribution is 6.24. The maximum atomic E-state index is 13.1. The van der Waals surface area contributed by atoms with Crippen LogP contribution in [0.5, 0.6) is 11.5 Å². The summed E-state index contributed by atoms with van der Waals surface area (Å²) in [5.41, 5.74) is 1.06. The van der Waals surface area contributed by atoms with Gasteiger partial charge in [0, 0.05) is 18.5 Å². The van der Waals surface area contributed by atoms with Gasteiger partial charge in [-0.25, -0.2) is 0 Å². The van der Waals surface area contributed by atoms with E-state index in [1.807, 2.05) is 0 Å². The van der Waals surface area contributed by atoms with Crippen LogP contribution in [0.4, 0.5) is 0 Å². The molecule has 1 unspecified atom stereocenters. The van der Waals surface area contributed by atoms with E-state index in [1.165, 1.54) is 26.4 Å². The van der Waals surface area contributed by atoms with E-state index in [9.17, 15) is 24.0 Å². The van der Waals surface area contributed by atoms with Gasteiger partial charge in [-0.1, -0.05) is 12.1 Å². The van der Waals surface area contributed by atoms with Crippen LogP contribution in [-0.4, -0.2) is 54.7 Å². The van der Waals surface area contributed by atoms with Gasteiger partial charge >= 0.3 is 0 Å². The van der Waals surface area contributed by atoms with Crippen LogP contribution >= 0.6 is 0 Å². The number of ether oxygens (including phenoxy) is 2. The molecule has 10 nitrogen and oxygen atoms in total. The minimum atomic E-state index is -1.05. The second-order valence-electron chi connectivity index (χ2n) is 7.54. The number of nitrogens with zero attached hydrogens (tertiary/aromatic N) is 1. The molecule has 2 heterocycles. The Kier molecular flexibility index (Phi) is 5.82. The maximum absolute atomic E-state index is 13.1. The zero-order chi connectivity index (χ0) is 23.7. The number of hydrogen-bond acceptors (Lipinski definition) is 7. The molecule has 2 aliphatic rings. The van der Waals surface area contributed by atoms with E-state index in [0.29, 0.717) is 22.6 Å². The van der Waals surface area contributed by atoms with Gasteiger partial charge < -0.3 is 14.8 Å². The largest absolute Gasteiger partial charge is 0.493 e. The van der Waals surface area contributed by atoms with E-state index in [2.05, 4.69) is 10.6 Å². The zero-order valence-electron chi connectivity index (χ0n) is 18.0. The molecule has 2 aromatic rings. The predicted molar refractivity (Wildman–Crippen MR) is 114 cm³/mol. The molecule has 2 aromatic carbocycles. The molecular weight excluding hydrogens is 430 g/mol. The average molecular weight is 451 g/mol. The molecule has 1 fully saturated rings. The molecule has 1 saturated heterocycles. The molecule has 1 atom stereocenters. The highest BCUT2D eigenvalue weighted by Crippen LogP contribution is 2.30. The third kappa shape index (κ3) is 3.91. The fourth-order valence-electron chi connectivity index (χ4n) is 3.99. The zero-order valence-corrected chi connectivity index (χ0v) is 18.0. The van der Waals surface area contributed by atoms with Gasteiger partial charge in [0.1, 0.15) is 6.04 Å². The fourth-order valence-corrected chi connectivity index (χ4v) is 3.99. The quantitative estimate of drug-likeness (QED) is 0.627. The summed E-state index contributed by atoms with van der Waals surface area (Å²) in [7, 11) is 2.95. The molecule has 4 rings (SSSR count). The van der Waals surface area contributed by atoms with E-state index in [4.69, 9.17) is 9.47 Å². The summed E-state index contributed by atoms with van der Waals surface area (Å²) in [6, 6.07) is 8.40. The van der Waals surface area contributed by atoms with Crippen LogP contribution in [0.1, 0.15) is 49.5 Å². The third-order valence-electron chi connectivity index (χ3n) is 5.64. The van der Waals surface area contributed by atoms with Crippen molar-refractivity contribution in [2.75, 3.05) is 14.2 Å². The van der Waals surface area contributed by atoms with Crippen molar-refractivity contribution in [3.63, 3.8) is 0 Å². The number of amides is 5. The van der Waals surface area contributed by atoms with Crippen molar-refractivity contribution < 1.29 is 33.4 Å². The lowest BCUT2D eigenvalue weighted by molar-refractivity contribution is -0.136. The number of nitrogens with one attached hydrogen (secondary N) is 2. The summed E-state index contributed by atoms with van der Waals surface area (Å²) in [6.07, 6.45) is 0.111. The molecule has 0 bridgehead atoms. The summed E-state index contributed by atoms with van der Waals surface area (Å²) in [5, 5.41) is 4.90. The second kappa shape index (κ2) is 8.73. The van der Waals surface area contributed by atoms with Gasteiger partial charge in [0.25, 0.3) is 17.7 Å². The lowest BCUT2D eigenvalue weighted by atomic mass is 10.0. The standard InChI is InChI=1S/C23H21N3O7/c1-32-16-8-6-12(10-17(16)33-2)20(28)24-11-13-4-3-5-14-19(13)23(31)26(22(14)30)15-7-9-18(27)25-21(15)29/h3-6,8,10,15H,7,9,11H2,1-2H3,(H,24,28)(H,25,27,29). The Balaban J connectivity index is 1.54. The van der Waals surface area contributed by atoms with Crippen molar-refractivity contribution in [3.8, 4) is 11.5 Å². The van der Waals surface area contributed by atoms with Gasteiger partial charge in [-0.2, -0.15) is 0 Å². The number of rotatable bonds is 6. The monoisotopic (exact) mass is 451 g/mol.